The van der Waals surface area contributed by atoms with Crippen molar-refractivity contribution in [3.05, 3.63) is 102 Å². The van der Waals surface area contributed by atoms with Gasteiger partial charge >= 0.3 is 0 Å². The Morgan fingerprint density at radius 3 is 2.22 bits per heavy atom. The van der Waals surface area contributed by atoms with Gasteiger partial charge in [-0.05, 0) is 29.3 Å². The van der Waals surface area contributed by atoms with Crippen molar-refractivity contribution in [2.75, 3.05) is 5.32 Å². The second-order valence-corrected chi connectivity index (χ2v) is 6.56. The van der Waals surface area contributed by atoms with E-state index in [0.29, 0.717) is 0 Å². The van der Waals surface area contributed by atoms with Crippen molar-refractivity contribution in [1.29, 1.82) is 0 Å². The van der Waals surface area contributed by atoms with Crippen molar-refractivity contribution >= 4 is 22.5 Å². The number of carbonyl (C=O) groups is 1. The number of fused-ring (bicyclic) bond motifs is 1. The molecule has 0 radical (unpaired) electrons. The van der Waals surface area contributed by atoms with Crippen LogP contribution in [0.3, 0.4) is 0 Å². The van der Waals surface area contributed by atoms with Crippen LogP contribution in [0.5, 0.6) is 0 Å². The minimum absolute atomic E-state index is 0.208. The fraction of sp³-hybridized carbons (Fsp3) is 0.0870. The summed E-state index contributed by atoms with van der Waals surface area (Å²) in [5.41, 5.74) is 10.3. The first-order chi connectivity index (χ1) is 13.2. The Bertz CT molecular complexity index is 1040. The zero-order valence-electron chi connectivity index (χ0n) is 14.8. The number of carbonyl (C=O) groups excluding carboxylic acids is 1. The second-order valence-electron chi connectivity index (χ2n) is 6.56. The van der Waals surface area contributed by atoms with E-state index in [0.717, 1.165) is 27.7 Å². The van der Waals surface area contributed by atoms with Crippen molar-refractivity contribution in [3.63, 3.8) is 0 Å². The van der Waals surface area contributed by atoms with Crippen LogP contribution in [0.25, 0.3) is 10.9 Å². The highest BCUT2D eigenvalue weighted by molar-refractivity contribution is 5.96. The van der Waals surface area contributed by atoms with E-state index < -0.39 is 6.04 Å². The molecule has 4 nitrogen and oxygen atoms in total. The molecule has 0 unspecified atom stereocenters. The summed E-state index contributed by atoms with van der Waals surface area (Å²) < 4.78 is 0. The van der Waals surface area contributed by atoms with Gasteiger partial charge in [0.05, 0.1) is 6.04 Å². The fourth-order valence-electron chi connectivity index (χ4n) is 3.49. The van der Waals surface area contributed by atoms with E-state index in [4.69, 9.17) is 5.73 Å². The number of benzene rings is 3. The summed E-state index contributed by atoms with van der Waals surface area (Å²) in [5, 5.41) is 4.01. The van der Waals surface area contributed by atoms with Crippen LogP contribution in [0.15, 0.2) is 91.1 Å². The minimum atomic E-state index is -0.730. The molecule has 4 heteroatoms. The predicted molar refractivity (Wildman–Crippen MR) is 110 cm³/mol. The molecule has 27 heavy (non-hydrogen) atoms. The minimum Gasteiger partial charge on any atom is -0.361 e. The van der Waals surface area contributed by atoms with Gasteiger partial charge < -0.3 is 16.0 Å². The van der Waals surface area contributed by atoms with Gasteiger partial charge in [-0.15, -0.1) is 0 Å². The van der Waals surface area contributed by atoms with E-state index in [9.17, 15) is 4.79 Å². The maximum Gasteiger partial charge on any atom is 0.242 e. The van der Waals surface area contributed by atoms with Gasteiger partial charge in [0.15, 0.2) is 0 Å². The van der Waals surface area contributed by atoms with Gasteiger partial charge in [0, 0.05) is 28.7 Å². The van der Waals surface area contributed by atoms with Gasteiger partial charge in [-0.25, -0.2) is 0 Å². The number of aromatic amines is 1. The number of hydrogen-bond acceptors (Lipinski definition) is 2. The number of anilines is 1. The summed E-state index contributed by atoms with van der Waals surface area (Å²) in [4.78, 5) is 16.2. The van der Waals surface area contributed by atoms with Crippen molar-refractivity contribution < 1.29 is 4.79 Å². The monoisotopic (exact) mass is 355 g/mol. The number of rotatable bonds is 5. The van der Waals surface area contributed by atoms with Crippen LogP contribution in [0, 0.1) is 0 Å². The maximum atomic E-state index is 12.9. The van der Waals surface area contributed by atoms with Crippen LogP contribution in [0.2, 0.25) is 0 Å². The second kappa shape index (κ2) is 7.48. The summed E-state index contributed by atoms with van der Waals surface area (Å²) in [5.74, 6) is -0.466. The van der Waals surface area contributed by atoms with E-state index in [1.165, 1.54) is 0 Å². The molecule has 134 valence electrons. The molecule has 0 saturated heterocycles. The molecule has 1 aromatic heterocycles. The Hall–Kier alpha value is -3.37. The van der Waals surface area contributed by atoms with Crippen LogP contribution in [0.1, 0.15) is 17.0 Å². The molecule has 0 fully saturated rings. The molecule has 4 rings (SSSR count). The molecule has 1 heterocycles. The molecule has 4 aromatic rings. The number of hydrogen-bond donors (Lipinski definition) is 3. The van der Waals surface area contributed by atoms with Crippen molar-refractivity contribution in [2.45, 2.75) is 12.0 Å². The lowest BCUT2D eigenvalue weighted by Crippen LogP contribution is -2.41. The number of amides is 1. The Morgan fingerprint density at radius 1 is 0.852 bits per heavy atom. The van der Waals surface area contributed by atoms with Gasteiger partial charge in [0.25, 0.3) is 0 Å². The third-order valence-electron chi connectivity index (χ3n) is 4.82. The highest BCUT2D eigenvalue weighted by atomic mass is 16.2. The fourth-order valence-corrected chi connectivity index (χ4v) is 3.49. The summed E-state index contributed by atoms with van der Waals surface area (Å²) in [6.07, 6.45) is 1.96. The molecule has 0 aliphatic rings. The Labute approximate surface area is 158 Å². The van der Waals surface area contributed by atoms with E-state index in [1.807, 2.05) is 85.1 Å². The lowest BCUT2D eigenvalue weighted by Gasteiger charge is -2.24. The van der Waals surface area contributed by atoms with Crippen LogP contribution in [-0.4, -0.2) is 16.9 Å². The largest absolute Gasteiger partial charge is 0.361 e. The summed E-state index contributed by atoms with van der Waals surface area (Å²) >= 11 is 0. The third-order valence-corrected chi connectivity index (χ3v) is 4.82. The van der Waals surface area contributed by atoms with E-state index >= 15 is 0 Å². The molecule has 3 aromatic carbocycles. The summed E-state index contributed by atoms with van der Waals surface area (Å²) in [7, 11) is 0. The van der Waals surface area contributed by atoms with E-state index in [1.54, 1.807) is 0 Å². The zero-order chi connectivity index (χ0) is 18.6. The van der Waals surface area contributed by atoms with Crippen LogP contribution in [-0.2, 0) is 4.79 Å². The predicted octanol–water partition coefficient (Wildman–Crippen LogP) is 4.27. The summed E-state index contributed by atoms with van der Waals surface area (Å²) in [6.45, 7) is 0. The van der Waals surface area contributed by atoms with Crippen molar-refractivity contribution in [1.82, 2.24) is 4.98 Å². The standard InChI is InChI=1S/C23H21N3O/c24-22(23(27)26-17-11-5-2-6-12-17)21(16-9-3-1-4-10-16)19-15-25-20-14-8-7-13-18(19)20/h1-15,21-22,25H,24H2,(H,26,27)/t21-,22-/m0/s1. The maximum absolute atomic E-state index is 12.9. The SMILES string of the molecule is N[C@H](C(=O)Nc1ccccc1)[C@@H](c1ccccc1)c1c[nH]c2ccccc12. The molecule has 0 saturated carbocycles. The number of para-hydroxylation sites is 2. The van der Waals surface area contributed by atoms with E-state index in [-0.39, 0.29) is 11.8 Å². The first-order valence-corrected chi connectivity index (χ1v) is 8.96. The highest BCUT2D eigenvalue weighted by Gasteiger charge is 2.29. The lowest BCUT2D eigenvalue weighted by atomic mass is 9.84. The van der Waals surface area contributed by atoms with Gasteiger partial charge in [0.1, 0.15) is 0 Å². The molecule has 2 atom stereocenters. The van der Waals surface area contributed by atoms with Gasteiger partial charge in [-0.1, -0.05) is 66.7 Å². The quantitative estimate of drug-likeness (QED) is 0.500. The topological polar surface area (TPSA) is 70.9 Å². The molecular weight excluding hydrogens is 334 g/mol. The Kier molecular flexibility index (Phi) is 4.73. The normalized spacial score (nSPS) is 13.2. The molecule has 0 spiro atoms. The molecule has 0 aliphatic carbocycles. The van der Waals surface area contributed by atoms with Gasteiger partial charge in [-0.3, -0.25) is 4.79 Å². The number of aromatic nitrogens is 1. The molecule has 0 aliphatic heterocycles. The number of H-pyrrole nitrogens is 1. The average molecular weight is 355 g/mol. The average Bonchev–Trinajstić information content (AvgIpc) is 3.14. The Balaban J connectivity index is 1.73. The van der Waals surface area contributed by atoms with Gasteiger partial charge in [-0.2, -0.15) is 0 Å². The van der Waals surface area contributed by atoms with Crippen LogP contribution in [0.4, 0.5) is 5.69 Å². The highest BCUT2D eigenvalue weighted by Crippen LogP contribution is 2.33. The molecule has 4 N–H and O–H groups in total. The first kappa shape index (κ1) is 17.1. The van der Waals surface area contributed by atoms with Crippen molar-refractivity contribution in [2.24, 2.45) is 5.73 Å². The number of nitrogens with one attached hydrogen (secondary N) is 2. The molecular formula is C23H21N3O. The van der Waals surface area contributed by atoms with Gasteiger partial charge in [0.2, 0.25) is 5.91 Å². The molecule has 1 amide bonds. The third kappa shape index (κ3) is 3.48. The lowest BCUT2D eigenvalue weighted by molar-refractivity contribution is -0.117. The van der Waals surface area contributed by atoms with E-state index in [2.05, 4.69) is 16.4 Å². The number of nitrogens with two attached hydrogens (primary N) is 1. The smallest absolute Gasteiger partial charge is 0.242 e. The Morgan fingerprint density at radius 2 is 1.48 bits per heavy atom. The zero-order valence-corrected chi connectivity index (χ0v) is 14.8. The van der Waals surface area contributed by atoms with Crippen LogP contribution < -0.4 is 11.1 Å². The van der Waals surface area contributed by atoms with Crippen molar-refractivity contribution in [3.8, 4) is 0 Å². The first-order valence-electron chi connectivity index (χ1n) is 8.96. The van der Waals surface area contributed by atoms with Crippen LogP contribution >= 0.6 is 0 Å². The molecule has 0 bridgehead atoms. The summed E-state index contributed by atoms with van der Waals surface area (Å²) in [6, 6.07) is 26.7.